The number of nitrogens with zero attached hydrogens (tertiary/aromatic N) is 1. The molecule has 5 rings (SSSR count). The van der Waals surface area contributed by atoms with Crippen LogP contribution in [0.25, 0.3) is 0 Å². The second-order valence-corrected chi connectivity index (χ2v) is 7.59. The predicted octanol–water partition coefficient (Wildman–Crippen LogP) is 4.76. The van der Waals surface area contributed by atoms with Gasteiger partial charge in [-0.2, -0.15) is 0 Å². The molecule has 144 valence electrons. The van der Waals surface area contributed by atoms with Crippen LogP contribution in [0.2, 0.25) is 0 Å². The van der Waals surface area contributed by atoms with Crippen LogP contribution in [0.1, 0.15) is 44.6 Å². The van der Waals surface area contributed by atoms with E-state index in [1.54, 1.807) is 24.3 Å². The summed E-state index contributed by atoms with van der Waals surface area (Å²) < 4.78 is 0. The second-order valence-electron chi connectivity index (χ2n) is 7.59. The molecule has 0 bridgehead atoms. The van der Waals surface area contributed by atoms with E-state index in [1.807, 2.05) is 24.3 Å². The molecule has 0 unspecified atom stereocenters. The number of carboxylic acids is 1. The molecule has 0 saturated carbocycles. The van der Waals surface area contributed by atoms with Crippen LogP contribution in [-0.4, -0.2) is 16.0 Å². The van der Waals surface area contributed by atoms with Gasteiger partial charge in [0.2, 0.25) is 0 Å². The van der Waals surface area contributed by atoms with Crippen LogP contribution in [-0.2, 0) is 6.42 Å². The Hall–Kier alpha value is -3.67. The number of carbonyl (C=O) groups is 1. The number of carboxylic acid groups (broad SMARTS) is 1. The number of hydrogen-bond donors (Lipinski definition) is 2. The zero-order valence-electron chi connectivity index (χ0n) is 15.4. The third kappa shape index (κ3) is 2.68. The summed E-state index contributed by atoms with van der Waals surface area (Å²) in [6.45, 7) is 0. The molecule has 0 fully saturated rings. The SMILES string of the molecule is O=C(O)c1ccccc1[C@@H]1Nc2ccc([N+](=O)[O-])cc2[C@H]2c3ccccc3C[C@@H]21. The third-order valence-corrected chi connectivity index (χ3v) is 6.12. The Morgan fingerprint density at radius 3 is 2.48 bits per heavy atom. The van der Waals surface area contributed by atoms with Gasteiger partial charge in [0, 0.05) is 23.7 Å². The van der Waals surface area contributed by atoms with Gasteiger partial charge in [-0.25, -0.2) is 4.79 Å². The number of aromatic carboxylic acids is 1. The highest BCUT2D eigenvalue weighted by molar-refractivity contribution is 5.90. The molecule has 0 aromatic heterocycles. The summed E-state index contributed by atoms with van der Waals surface area (Å²) in [5.41, 5.74) is 5.19. The number of nitro groups is 1. The summed E-state index contributed by atoms with van der Waals surface area (Å²) in [5.74, 6) is -0.902. The van der Waals surface area contributed by atoms with Crippen LogP contribution in [0, 0.1) is 16.0 Å². The van der Waals surface area contributed by atoms with Crippen molar-refractivity contribution in [2.75, 3.05) is 5.32 Å². The zero-order valence-corrected chi connectivity index (χ0v) is 15.4. The van der Waals surface area contributed by atoms with Crippen molar-refractivity contribution < 1.29 is 14.8 Å². The largest absolute Gasteiger partial charge is 0.478 e. The number of nitro benzene ring substituents is 1. The average Bonchev–Trinajstić information content (AvgIpc) is 3.12. The van der Waals surface area contributed by atoms with E-state index >= 15 is 0 Å². The van der Waals surface area contributed by atoms with Crippen LogP contribution in [0.3, 0.4) is 0 Å². The first-order chi connectivity index (χ1) is 14.0. The third-order valence-electron chi connectivity index (χ3n) is 6.12. The molecule has 0 amide bonds. The maximum absolute atomic E-state index is 11.8. The Bertz CT molecular complexity index is 1160. The molecule has 1 heterocycles. The fourth-order valence-electron chi connectivity index (χ4n) is 4.93. The highest BCUT2D eigenvalue weighted by Gasteiger charge is 2.44. The van der Waals surface area contributed by atoms with Gasteiger partial charge in [0.1, 0.15) is 0 Å². The van der Waals surface area contributed by atoms with E-state index < -0.39 is 5.97 Å². The van der Waals surface area contributed by atoms with Crippen LogP contribution in [0.4, 0.5) is 11.4 Å². The molecule has 2 N–H and O–H groups in total. The van der Waals surface area contributed by atoms with Gasteiger partial charge >= 0.3 is 5.97 Å². The lowest BCUT2D eigenvalue weighted by molar-refractivity contribution is -0.384. The molecule has 0 saturated heterocycles. The number of benzene rings is 3. The van der Waals surface area contributed by atoms with Crippen molar-refractivity contribution in [1.29, 1.82) is 0 Å². The van der Waals surface area contributed by atoms with E-state index in [0.717, 1.165) is 23.2 Å². The number of nitrogens with one attached hydrogen (secondary N) is 1. The first-order valence-corrected chi connectivity index (χ1v) is 9.49. The van der Waals surface area contributed by atoms with Gasteiger partial charge in [-0.05, 0) is 46.7 Å². The van der Waals surface area contributed by atoms with Crippen LogP contribution in [0.5, 0.6) is 0 Å². The first-order valence-electron chi connectivity index (χ1n) is 9.49. The number of fused-ring (bicyclic) bond motifs is 5. The smallest absolute Gasteiger partial charge is 0.336 e. The van der Waals surface area contributed by atoms with E-state index in [2.05, 4.69) is 17.4 Å². The van der Waals surface area contributed by atoms with Crippen molar-refractivity contribution in [3.8, 4) is 0 Å². The van der Waals surface area contributed by atoms with Crippen molar-refractivity contribution in [2.24, 2.45) is 5.92 Å². The monoisotopic (exact) mass is 386 g/mol. The van der Waals surface area contributed by atoms with Gasteiger partial charge in [0.25, 0.3) is 5.69 Å². The van der Waals surface area contributed by atoms with Gasteiger partial charge in [0.15, 0.2) is 0 Å². The van der Waals surface area contributed by atoms with Gasteiger partial charge in [-0.15, -0.1) is 0 Å². The molecule has 2 aliphatic rings. The molecule has 1 aliphatic heterocycles. The maximum atomic E-state index is 11.8. The summed E-state index contributed by atoms with van der Waals surface area (Å²) in [5, 5.41) is 24.5. The Balaban J connectivity index is 1.71. The topological polar surface area (TPSA) is 92.5 Å². The molecule has 29 heavy (non-hydrogen) atoms. The standard InChI is InChI=1S/C23H18N2O4/c26-23(27)17-8-4-3-7-16(17)22-19-11-13-5-1-2-6-15(13)21(19)18-12-14(25(28)29)9-10-20(18)24-22/h1-10,12,19,21-22,24H,11H2,(H,26,27)/t19-,21+,22-/m0/s1. The van der Waals surface area contributed by atoms with Crippen molar-refractivity contribution in [1.82, 2.24) is 0 Å². The quantitative estimate of drug-likeness (QED) is 0.500. The highest BCUT2D eigenvalue weighted by Crippen LogP contribution is 2.54. The molecule has 6 heteroatoms. The highest BCUT2D eigenvalue weighted by atomic mass is 16.6. The lowest BCUT2D eigenvalue weighted by Gasteiger charge is -2.38. The summed E-state index contributed by atoms with van der Waals surface area (Å²) in [6, 6.07) is 19.9. The first kappa shape index (κ1) is 17.4. The molecule has 3 aromatic carbocycles. The lowest BCUT2D eigenvalue weighted by Crippen LogP contribution is -2.31. The van der Waals surface area contributed by atoms with Crippen LogP contribution in [0.15, 0.2) is 66.7 Å². The van der Waals surface area contributed by atoms with Crippen molar-refractivity contribution in [3.63, 3.8) is 0 Å². The molecule has 3 atom stereocenters. The van der Waals surface area contributed by atoms with E-state index in [9.17, 15) is 20.0 Å². The van der Waals surface area contributed by atoms with Gasteiger partial charge in [0.05, 0.1) is 16.5 Å². The Labute approximate surface area is 167 Å². The normalized spacial score (nSPS) is 21.4. The Morgan fingerprint density at radius 1 is 1.00 bits per heavy atom. The van der Waals surface area contributed by atoms with E-state index in [1.165, 1.54) is 17.2 Å². The van der Waals surface area contributed by atoms with Gasteiger partial charge in [-0.3, -0.25) is 10.1 Å². The fourth-order valence-corrected chi connectivity index (χ4v) is 4.93. The van der Waals surface area contributed by atoms with Crippen LogP contribution < -0.4 is 5.32 Å². The Kier molecular flexibility index (Phi) is 3.87. The number of non-ortho nitro benzene ring substituents is 1. The molecule has 6 nitrogen and oxygen atoms in total. The minimum Gasteiger partial charge on any atom is -0.478 e. The zero-order chi connectivity index (χ0) is 20.1. The number of rotatable bonds is 3. The molecular formula is C23H18N2O4. The maximum Gasteiger partial charge on any atom is 0.336 e. The minimum atomic E-state index is -0.955. The van der Waals surface area contributed by atoms with Gasteiger partial charge in [-0.1, -0.05) is 42.5 Å². The number of hydrogen-bond acceptors (Lipinski definition) is 4. The summed E-state index contributed by atoms with van der Waals surface area (Å²) in [6.07, 6.45) is 0.786. The molecule has 0 radical (unpaired) electrons. The van der Waals surface area contributed by atoms with Crippen molar-refractivity contribution >= 4 is 17.3 Å². The van der Waals surface area contributed by atoms with E-state index in [4.69, 9.17) is 0 Å². The number of anilines is 1. The summed E-state index contributed by atoms with van der Waals surface area (Å²) in [7, 11) is 0. The van der Waals surface area contributed by atoms with E-state index in [-0.39, 0.29) is 34.1 Å². The minimum absolute atomic E-state index is 0.0193. The molecular weight excluding hydrogens is 368 g/mol. The van der Waals surface area contributed by atoms with E-state index in [0.29, 0.717) is 0 Å². The summed E-state index contributed by atoms with van der Waals surface area (Å²) in [4.78, 5) is 22.8. The van der Waals surface area contributed by atoms with Crippen molar-refractivity contribution in [2.45, 2.75) is 18.4 Å². The molecule has 0 spiro atoms. The summed E-state index contributed by atoms with van der Waals surface area (Å²) >= 11 is 0. The van der Waals surface area contributed by atoms with Crippen LogP contribution >= 0.6 is 0 Å². The van der Waals surface area contributed by atoms with Crippen molar-refractivity contribution in [3.05, 3.63) is 105 Å². The molecule has 1 aliphatic carbocycles. The predicted molar refractivity (Wildman–Crippen MR) is 108 cm³/mol. The fraction of sp³-hybridized carbons (Fsp3) is 0.174. The Morgan fingerprint density at radius 2 is 1.72 bits per heavy atom. The average molecular weight is 386 g/mol. The molecule has 3 aromatic rings. The van der Waals surface area contributed by atoms with Gasteiger partial charge < -0.3 is 10.4 Å². The second kappa shape index (κ2) is 6.44. The lowest BCUT2D eigenvalue weighted by atomic mass is 9.75.